The summed E-state index contributed by atoms with van der Waals surface area (Å²) < 4.78 is 25.5. The lowest BCUT2D eigenvalue weighted by Gasteiger charge is -2.51. The van der Waals surface area contributed by atoms with E-state index in [0.29, 0.717) is 6.04 Å². The zero-order valence-corrected chi connectivity index (χ0v) is 12.3. The molecule has 19 heavy (non-hydrogen) atoms. The van der Waals surface area contributed by atoms with Gasteiger partial charge in [0.25, 0.3) is 0 Å². The van der Waals surface area contributed by atoms with Crippen LogP contribution in [0.25, 0.3) is 0 Å². The summed E-state index contributed by atoms with van der Waals surface area (Å²) in [7, 11) is -1.96. The third-order valence-corrected chi connectivity index (χ3v) is 5.55. The Balaban J connectivity index is 2.09. The summed E-state index contributed by atoms with van der Waals surface area (Å²) in [5.74, 6) is 0. The fraction of sp³-hybridized carbons (Fsp3) is 0.538. The van der Waals surface area contributed by atoms with E-state index in [2.05, 4.69) is 23.9 Å². The Morgan fingerprint density at radius 1 is 1.26 bits per heavy atom. The second-order valence-corrected chi connectivity index (χ2v) is 7.48. The topological polar surface area (TPSA) is 84.2 Å². The fourth-order valence-corrected chi connectivity index (χ4v) is 2.98. The molecule has 0 amide bonds. The molecule has 0 heterocycles. The maximum absolute atomic E-state index is 11.6. The molecule has 0 saturated heterocycles. The van der Waals surface area contributed by atoms with Crippen molar-refractivity contribution in [2.75, 3.05) is 12.4 Å². The van der Waals surface area contributed by atoms with Crippen molar-refractivity contribution >= 4 is 15.7 Å². The molecule has 1 aromatic carbocycles. The third kappa shape index (κ3) is 2.61. The Hall–Kier alpha value is -1.11. The molecule has 4 N–H and O–H groups in total. The zero-order valence-electron chi connectivity index (χ0n) is 11.5. The van der Waals surface area contributed by atoms with Gasteiger partial charge in [-0.1, -0.05) is 13.8 Å². The number of hydrogen-bond acceptors (Lipinski definition) is 4. The van der Waals surface area contributed by atoms with Gasteiger partial charge in [-0.15, -0.1) is 0 Å². The van der Waals surface area contributed by atoms with Crippen LogP contribution < -0.4 is 15.8 Å². The van der Waals surface area contributed by atoms with E-state index in [1.807, 2.05) is 0 Å². The first-order valence-electron chi connectivity index (χ1n) is 6.33. The molecule has 0 radical (unpaired) electrons. The minimum absolute atomic E-state index is 0.0652. The van der Waals surface area contributed by atoms with E-state index in [0.717, 1.165) is 12.1 Å². The standard InChI is InChI=1S/C13H21N3O2S/c1-13(2)11(14)8-12(13)16-9-4-6-10(7-5-9)19(17,18)15-3/h4-7,11-12,15-16H,8,14H2,1-3H3. The van der Waals surface area contributed by atoms with Crippen molar-refractivity contribution in [2.24, 2.45) is 11.1 Å². The second-order valence-electron chi connectivity index (χ2n) is 5.59. The van der Waals surface area contributed by atoms with Gasteiger partial charge >= 0.3 is 0 Å². The summed E-state index contributed by atoms with van der Waals surface area (Å²) in [6.45, 7) is 4.28. The van der Waals surface area contributed by atoms with Gasteiger partial charge in [0.05, 0.1) is 4.90 Å². The van der Waals surface area contributed by atoms with Crippen LogP contribution >= 0.6 is 0 Å². The van der Waals surface area contributed by atoms with Gasteiger partial charge in [-0.2, -0.15) is 0 Å². The Kier molecular flexibility index (Phi) is 3.59. The summed E-state index contributed by atoms with van der Waals surface area (Å²) in [4.78, 5) is 0.269. The number of rotatable bonds is 4. The average Bonchev–Trinajstić information content (AvgIpc) is 2.39. The van der Waals surface area contributed by atoms with E-state index >= 15 is 0 Å². The normalized spacial score (nSPS) is 25.7. The van der Waals surface area contributed by atoms with E-state index < -0.39 is 10.0 Å². The SMILES string of the molecule is CNS(=O)(=O)c1ccc(NC2CC(N)C2(C)C)cc1. The molecular formula is C13H21N3O2S. The van der Waals surface area contributed by atoms with Crippen molar-refractivity contribution in [1.29, 1.82) is 0 Å². The summed E-state index contributed by atoms with van der Waals surface area (Å²) in [6.07, 6.45) is 0.934. The molecule has 1 saturated carbocycles. The van der Waals surface area contributed by atoms with Gasteiger partial charge < -0.3 is 11.1 Å². The highest BCUT2D eigenvalue weighted by atomic mass is 32.2. The maximum Gasteiger partial charge on any atom is 0.240 e. The fourth-order valence-electron chi connectivity index (χ4n) is 2.25. The highest BCUT2D eigenvalue weighted by Gasteiger charge is 2.45. The predicted molar refractivity (Wildman–Crippen MR) is 76.5 cm³/mol. The lowest BCUT2D eigenvalue weighted by molar-refractivity contribution is 0.117. The highest BCUT2D eigenvalue weighted by molar-refractivity contribution is 7.89. The first-order chi connectivity index (χ1) is 8.77. The minimum atomic E-state index is -3.36. The first-order valence-corrected chi connectivity index (χ1v) is 7.81. The van der Waals surface area contributed by atoms with Crippen molar-refractivity contribution in [2.45, 2.75) is 37.2 Å². The molecule has 2 rings (SSSR count). The van der Waals surface area contributed by atoms with Crippen molar-refractivity contribution in [3.8, 4) is 0 Å². The minimum Gasteiger partial charge on any atom is -0.382 e. The van der Waals surface area contributed by atoms with Crippen LogP contribution in [0.3, 0.4) is 0 Å². The maximum atomic E-state index is 11.6. The molecule has 0 spiro atoms. The molecule has 2 unspecified atom stereocenters. The van der Waals surface area contributed by atoms with E-state index in [9.17, 15) is 8.42 Å². The molecule has 0 bridgehead atoms. The van der Waals surface area contributed by atoms with Crippen LogP contribution in [0.15, 0.2) is 29.2 Å². The lowest BCUT2D eigenvalue weighted by Crippen LogP contribution is -2.61. The van der Waals surface area contributed by atoms with Crippen LogP contribution in [-0.2, 0) is 10.0 Å². The second kappa shape index (κ2) is 4.77. The Morgan fingerprint density at radius 2 is 1.84 bits per heavy atom. The lowest BCUT2D eigenvalue weighted by atomic mass is 9.63. The Bertz CT molecular complexity index is 552. The zero-order chi connectivity index (χ0) is 14.3. The third-order valence-electron chi connectivity index (χ3n) is 4.12. The quantitative estimate of drug-likeness (QED) is 0.773. The van der Waals surface area contributed by atoms with Crippen LogP contribution in [0, 0.1) is 5.41 Å². The molecule has 6 heteroatoms. The number of nitrogens with two attached hydrogens (primary N) is 1. The predicted octanol–water partition coefficient (Wildman–Crippen LogP) is 1.13. The summed E-state index contributed by atoms with van der Waals surface area (Å²) in [5, 5.41) is 3.40. The molecule has 0 aromatic heterocycles. The summed E-state index contributed by atoms with van der Waals surface area (Å²) >= 11 is 0. The molecule has 1 aliphatic rings. The molecule has 5 nitrogen and oxygen atoms in total. The Morgan fingerprint density at radius 3 is 2.26 bits per heavy atom. The highest BCUT2D eigenvalue weighted by Crippen LogP contribution is 2.40. The molecule has 1 aromatic rings. The molecule has 106 valence electrons. The average molecular weight is 283 g/mol. The van der Waals surface area contributed by atoms with Gasteiger partial charge in [-0.3, -0.25) is 0 Å². The van der Waals surface area contributed by atoms with Crippen molar-refractivity contribution < 1.29 is 8.42 Å². The largest absolute Gasteiger partial charge is 0.382 e. The Labute approximate surface area is 114 Å². The van der Waals surface area contributed by atoms with Crippen LogP contribution in [0.2, 0.25) is 0 Å². The molecule has 2 atom stereocenters. The van der Waals surface area contributed by atoms with E-state index in [4.69, 9.17) is 5.73 Å². The van der Waals surface area contributed by atoms with Crippen LogP contribution in [0.4, 0.5) is 5.69 Å². The van der Waals surface area contributed by atoms with Gasteiger partial charge in [0.1, 0.15) is 0 Å². The molecular weight excluding hydrogens is 262 g/mol. The smallest absolute Gasteiger partial charge is 0.240 e. The van der Waals surface area contributed by atoms with Gasteiger partial charge in [-0.25, -0.2) is 13.1 Å². The van der Waals surface area contributed by atoms with E-state index in [1.54, 1.807) is 24.3 Å². The monoisotopic (exact) mass is 283 g/mol. The molecule has 0 aliphatic heterocycles. The van der Waals surface area contributed by atoms with E-state index in [1.165, 1.54) is 7.05 Å². The van der Waals surface area contributed by atoms with Crippen molar-refractivity contribution in [1.82, 2.24) is 4.72 Å². The van der Waals surface area contributed by atoms with Crippen molar-refractivity contribution in [3.63, 3.8) is 0 Å². The van der Waals surface area contributed by atoms with Gasteiger partial charge in [0.15, 0.2) is 0 Å². The number of hydrogen-bond donors (Lipinski definition) is 3. The molecule has 1 aliphatic carbocycles. The number of nitrogens with one attached hydrogen (secondary N) is 2. The van der Waals surface area contributed by atoms with Crippen LogP contribution in [0.5, 0.6) is 0 Å². The van der Waals surface area contributed by atoms with Crippen LogP contribution in [0.1, 0.15) is 20.3 Å². The number of anilines is 1. The van der Waals surface area contributed by atoms with Crippen LogP contribution in [-0.4, -0.2) is 27.5 Å². The van der Waals surface area contributed by atoms with Crippen molar-refractivity contribution in [3.05, 3.63) is 24.3 Å². The molecule has 1 fully saturated rings. The number of benzene rings is 1. The van der Waals surface area contributed by atoms with E-state index in [-0.39, 0.29) is 16.4 Å². The van der Waals surface area contributed by atoms with Gasteiger partial charge in [-0.05, 0) is 37.7 Å². The van der Waals surface area contributed by atoms with Gasteiger partial charge in [0.2, 0.25) is 10.0 Å². The number of sulfonamides is 1. The summed E-state index contributed by atoms with van der Waals surface area (Å²) in [6, 6.07) is 7.30. The first kappa shape index (κ1) is 14.3. The summed E-state index contributed by atoms with van der Waals surface area (Å²) in [5.41, 5.74) is 6.95. The van der Waals surface area contributed by atoms with Gasteiger partial charge in [0, 0.05) is 23.2 Å².